The molecule has 0 aliphatic heterocycles. The number of nitrogens with zero attached hydrogens (tertiary/aromatic N) is 3. The van der Waals surface area contributed by atoms with Crippen LogP contribution >= 0.6 is 23.8 Å². The number of imidazole rings is 1. The van der Waals surface area contributed by atoms with E-state index >= 15 is 0 Å². The first-order valence-corrected chi connectivity index (χ1v) is 6.26. The minimum absolute atomic E-state index is 0.0640. The van der Waals surface area contributed by atoms with Crippen LogP contribution in [0.4, 0.5) is 4.39 Å². The largest absolute Gasteiger partial charge is 0.343 e. The predicted molar refractivity (Wildman–Crippen MR) is 70.1 cm³/mol. The SMILES string of the molecule is Fc1cc2c(cc1Cl)[nH]c(=S)n2CCc1ncon1. The molecule has 0 unspecified atom stereocenters. The van der Waals surface area contributed by atoms with Gasteiger partial charge in [0.1, 0.15) is 5.82 Å². The lowest BCUT2D eigenvalue weighted by molar-refractivity contribution is 0.408. The number of aryl methyl sites for hydroxylation is 2. The number of halogens is 2. The third kappa shape index (κ3) is 2.26. The van der Waals surface area contributed by atoms with Crippen LogP contribution in [0.2, 0.25) is 5.02 Å². The first kappa shape index (κ1) is 12.3. The summed E-state index contributed by atoms with van der Waals surface area (Å²) in [7, 11) is 0. The summed E-state index contributed by atoms with van der Waals surface area (Å²) in [4.78, 5) is 6.91. The lowest BCUT2D eigenvalue weighted by Crippen LogP contribution is -2.02. The third-order valence-corrected chi connectivity index (χ3v) is 3.39. The van der Waals surface area contributed by atoms with E-state index in [1.165, 1.54) is 18.5 Å². The number of hydrogen-bond donors (Lipinski definition) is 1. The fourth-order valence-corrected chi connectivity index (χ4v) is 2.35. The molecule has 0 aliphatic carbocycles. The Morgan fingerprint density at radius 2 is 2.32 bits per heavy atom. The molecule has 0 amide bonds. The standard InChI is InChI=1S/C11H8ClFN4OS/c12-6-3-8-9(4-7(6)13)17(11(19)15-8)2-1-10-14-5-18-16-10/h3-5H,1-2H2,(H,15,19). The number of aromatic amines is 1. The van der Waals surface area contributed by atoms with Gasteiger partial charge in [-0.2, -0.15) is 4.98 Å². The lowest BCUT2D eigenvalue weighted by Gasteiger charge is -2.02. The van der Waals surface area contributed by atoms with Gasteiger partial charge in [-0.1, -0.05) is 16.8 Å². The van der Waals surface area contributed by atoms with Gasteiger partial charge in [0.15, 0.2) is 10.6 Å². The fourth-order valence-electron chi connectivity index (χ4n) is 1.89. The van der Waals surface area contributed by atoms with E-state index < -0.39 is 5.82 Å². The maximum absolute atomic E-state index is 13.5. The van der Waals surface area contributed by atoms with Gasteiger partial charge in [-0.25, -0.2) is 4.39 Å². The summed E-state index contributed by atoms with van der Waals surface area (Å²) in [5, 5.41) is 3.78. The number of benzene rings is 1. The zero-order chi connectivity index (χ0) is 13.4. The van der Waals surface area contributed by atoms with Crippen molar-refractivity contribution in [1.82, 2.24) is 19.7 Å². The number of fused-ring (bicyclic) bond motifs is 1. The Labute approximate surface area is 117 Å². The third-order valence-electron chi connectivity index (χ3n) is 2.78. The summed E-state index contributed by atoms with van der Waals surface area (Å²) in [6, 6.07) is 2.88. The highest BCUT2D eigenvalue weighted by molar-refractivity contribution is 7.71. The van der Waals surface area contributed by atoms with Crippen LogP contribution in [0.5, 0.6) is 0 Å². The topological polar surface area (TPSA) is 59.6 Å². The van der Waals surface area contributed by atoms with Gasteiger partial charge in [-0.3, -0.25) is 0 Å². The number of nitrogens with one attached hydrogen (secondary N) is 1. The summed E-state index contributed by atoms with van der Waals surface area (Å²) >= 11 is 10.9. The summed E-state index contributed by atoms with van der Waals surface area (Å²) < 4.78 is 20.5. The van der Waals surface area contributed by atoms with Crippen molar-refractivity contribution in [3.05, 3.63) is 40.0 Å². The maximum Gasteiger partial charge on any atom is 0.213 e. The normalized spacial score (nSPS) is 11.3. The molecule has 98 valence electrons. The van der Waals surface area contributed by atoms with E-state index in [9.17, 15) is 4.39 Å². The minimum Gasteiger partial charge on any atom is -0.343 e. The lowest BCUT2D eigenvalue weighted by atomic mass is 10.3. The van der Waals surface area contributed by atoms with Crippen LogP contribution in [0.15, 0.2) is 23.0 Å². The zero-order valence-corrected chi connectivity index (χ0v) is 11.1. The molecule has 0 bridgehead atoms. The molecule has 1 aromatic carbocycles. The Morgan fingerprint density at radius 1 is 1.47 bits per heavy atom. The van der Waals surface area contributed by atoms with Crippen molar-refractivity contribution in [2.24, 2.45) is 0 Å². The van der Waals surface area contributed by atoms with Crippen molar-refractivity contribution < 1.29 is 8.91 Å². The van der Waals surface area contributed by atoms with Crippen molar-refractivity contribution in [1.29, 1.82) is 0 Å². The van der Waals surface area contributed by atoms with Crippen molar-refractivity contribution in [2.45, 2.75) is 13.0 Å². The van der Waals surface area contributed by atoms with Crippen molar-refractivity contribution in [3.63, 3.8) is 0 Å². The van der Waals surface area contributed by atoms with Gasteiger partial charge in [-0.05, 0) is 18.3 Å². The molecule has 0 spiro atoms. The van der Waals surface area contributed by atoms with Gasteiger partial charge in [0.2, 0.25) is 6.39 Å². The molecule has 3 rings (SSSR count). The second-order valence-corrected chi connectivity index (χ2v) is 4.76. The first-order chi connectivity index (χ1) is 9.15. The number of H-pyrrole nitrogens is 1. The number of rotatable bonds is 3. The summed E-state index contributed by atoms with van der Waals surface area (Å²) in [6.45, 7) is 0.527. The number of aromatic nitrogens is 4. The highest BCUT2D eigenvalue weighted by Crippen LogP contribution is 2.22. The summed E-state index contributed by atoms with van der Waals surface area (Å²) in [5.74, 6) is 0.0992. The second-order valence-electron chi connectivity index (χ2n) is 3.96. The summed E-state index contributed by atoms with van der Waals surface area (Å²) in [6.07, 6.45) is 1.81. The van der Waals surface area contributed by atoms with E-state index in [4.69, 9.17) is 23.8 Å². The van der Waals surface area contributed by atoms with Gasteiger partial charge in [0.25, 0.3) is 0 Å². The van der Waals surface area contributed by atoms with Crippen LogP contribution in [-0.4, -0.2) is 19.7 Å². The predicted octanol–water partition coefficient (Wildman–Crippen LogP) is 3.12. The molecular formula is C11H8ClFN4OS. The molecule has 0 atom stereocenters. The Kier molecular flexibility index (Phi) is 3.08. The van der Waals surface area contributed by atoms with Crippen LogP contribution in [0.1, 0.15) is 5.82 Å². The quantitative estimate of drug-likeness (QED) is 0.755. The summed E-state index contributed by atoms with van der Waals surface area (Å²) in [5.41, 5.74) is 1.36. The van der Waals surface area contributed by atoms with Crippen LogP contribution in [0, 0.1) is 10.6 Å². The molecule has 0 aliphatic rings. The molecule has 3 aromatic rings. The van der Waals surface area contributed by atoms with E-state index in [1.54, 1.807) is 4.57 Å². The minimum atomic E-state index is -0.475. The molecule has 1 N–H and O–H groups in total. The molecule has 19 heavy (non-hydrogen) atoms. The Balaban J connectivity index is 2.00. The second kappa shape index (κ2) is 4.75. The monoisotopic (exact) mass is 298 g/mol. The Bertz CT molecular complexity index is 780. The van der Waals surface area contributed by atoms with Crippen molar-refractivity contribution in [3.8, 4) is 0 Å². The van der Waals surface area contributed by atoms with Gasteiger partial charge in [0.05, 0.1) is 16.1 Å². The molecule has 2 aromatic heterocycles. The van der Waals surface area contributed by atoms with Crippen molar-refractivity contribution >= 4 is 34.9 Å². The average Bonchev–Trinajstić information content (AvgIpc) is 2.96. The molecule has 0 saturated heterocycles. The zero-order valence-electron chi connectivity index (χ0n) is 9.56. The van der Waals surface area contributed by atoms with Gasteiger partial charge < -0.3 is 14.1 Å². The number of hydrogen-bond acceptors (Lipinski definition) is 4. The van der Waals surface area contributed by atoms with Gasteiger partial charge in [-0.15, -0.1) is 0 Å². The maximum atomic E-state index is 13.5. The molecule has 0 saturated carbocycles. The molecule has 2 heterocycles. The van der Waals surface area contributed by atoms with Crippen molar-refractivity contribution in [2.75, 3.05) is 0 Å². The van der Waals surface area contributed by atoms with E-state index in [0.29, 0.717) is 34.6 Å². The van der Waals surface area contributed by atoms with Gasteiger partial charge in [0, 0.05) is 19.0 Å². The van der Waals surface area contributed by atoms with Crippen LogP contribution in [-0.2, 0) is 13.0 Å². The Hall–Kier alpha value is -1.73. The van der Waals surface area contributed by atoms with E-state index in [-0.39, 0.29) is 5.02 Å². The van der Waals surface area contributed by atoms with Crippen LogP contribution in [0.25, 0.3) is 11.0 Å². The van der Waals surface area contributed by atoms with E-state index in [0.717, 1.165) is 0 Å². The molecular weight excluding hydrogens is 291 g/mol. The Morgan fingerprint density at radius 3 is 3.05 bits per heavy atom. The average molecular weight is 299 g/mol. The fraction of sp³-hybridized carbons (Fsp3) is 0.182. The molecule has 8 heteroatoms. The van der Waals surface area contributed by atoms with Crippen LogP contribution < -0.4 is 0 Å². The van der Waals surface area contributed by atoms with E-state index in [2.05, 4.69) is 19.6 Å². The smallest absolute Gasteiger partial charge is 0.213 e. The molecule has 5 nitrogen and oxygen atoms in total. The molecule has 0 fully saturated rings. The van der Waals surface area contributed by atoms with Crippen LogP contribution in [0.3, 0.4) is 0 Å². The highest BCUT2D eigenvalue weighted by Gasteiger charge is 2.10. The van der Waals surface area contributed by atoms with Gasteiger partial charge >= 0.3 is 0 Å². The first-order valence-electron chi connectivity index (χ1n) is 5.48. The highest BCUT2D eigenvalue weighted by atomic mass is 35.5. The molecule has 0 radical (unpaired) electrons. The van der Waals surface area contributed by atoms with E-state index in [1.807, 2.05) is 0 Å².